The third kappa shape index (κ3) is 4.23. The van der Waals surface area contributed by atoms with Crippen molar-refractivity contribution < 1.29 is 33.6 Å². The number of hydrogen-bond acceptors (Lipinski definition) is 10. The highest BCUT2D eigenvalue weighted by Crippen LogP contribution is 2.48. The van der Waals surface area contributed by atoms with E-state index in [0.717, 1.165) is 4.70 Å². The zero-order valence-electron chi connectivity index (χ0n) is 21.0. The van der Waals surface area contributed by atoms with Crippen LogP contribution in [0.5, 0.6) is 23.0 Å². The van der Waals surface area contributed by atoms with Crippen molar-refractivity contribution in [1.82, 2.24) is 4.98 Å². The van der Waals surface area contributed by atoms with Crippen molar-refractivity contribution in [3.63, 3.8) is 0 Å². The molecule has 0 fully saturated rings. The standard InChI is InChI=1S/C27H24N2O7S2/c1-5-36-15-8-9-16-20(13-15)38-27(28-16)29-22(14-11-17(33-2)25(35-4)18(12-14)34-3)21(24(31)26(29)32)23(30)19-7-6-10-37-19/h6-13,22,31H,5H2,1-4H3. The second kappa shape index (κ2) is 10.3. The molecule has 0 radical (unpaired) electrons. The van der Waals surface area contributed by atoms with Crippen LogP contribution >= 0.6 is 22.7 Å². The Morgan fingerprint density at radius 3 is 2.42 bits per heavy atom. The molecule has 4 aromatic rings. The second-order valence-electron chi connectivity index (χ2n) is 8.16. The van der Waals surface area contributed by atoms with Gasteiger partial charge in [-0.05, 0) is 54.3 Å². The van der Waals surface area contributed by atoms with Gasteiger partial charge in [0.25, 0.3) is 5.91 Å². The van der Waals surface area contributed by atoms with Gasteiger partial charge >= 0.3 is 0 Å². The zero-order valence-corrected chi connectivity index (χ0v) is 22.6. The van der Waals surface area contributed by atoms with Crippen LogP contribution in [0.15, 0.2) is 59.2 Å². The minimum atomic E-state index is -1.00. The number of ether oxygens (including phenoxy) is 4. The number of benzene rings is 2. The molecule has 3 heterocycles. The highest BCUT2D eigenvalue weighted by Gasteiger charge is 2.46. The number of ketones is 1. The molecular formula is C27H24N2O7S2. The first-order chi connectivity index (χ1) is 18.4. The summed E-state index contributed by atoms with van der Waals surface area (Å²) in [6, 6.07) is 11.2. The lowest BCUT2D eigenvalue weighted by molar-refractivity contribution is -0.117. The van der Waals surface area contributed by atoms with Crippen LogP contribution in [0.25, 0.3) is 10.2 Å². The van der Waals surface area contributed by atoms with Crippen molar-refractivity contribution in [1.29, 1.82) is 0 Å². The summed E-state index contributed by atoms with van der Waals surface area (Å²) >= 11 is 2.48. The number of aliphatic hydroxyl groups is 1. The normalized spacial score (nSPS) is 15.3. The molecule has 0 bridgehead atoms. The molecule has 1 N–H and O–H groups in total. The van der Waals surface area contributed by atoms with Crippen LogP contribution < -0.4 is 23.8 Å². The van der Waals surface area contributed by atoms with E-state index in [1.54, 1.807) is 41.8 Å². The Labute approximate surface area is 226 Å². The lowest BCUT2D eigenvalue weighted by Crippen LogP contribution is -2.31. The maximum Gasteiger partial charge on any atom is 0.296 e. The number of carbonyl (C=O) groups excluding carboxylic acids is 2. The third-order valence-electron chi connectivity index (χ3n) is 6.07. The molecule has 1 aliphatic rings. The predicted octanol–water partition coefficient (Wildman–Crippen LogP) is 5.57. The van der Waals surface area contributed by atoms with Gasteiger partial charge in [0.15, 0.2) is 22.4 Å². The fourth-order valence-corrected chi connectivity index (χ4v) is 6.10. The van der Waals surface area contributed by atoms with Crippen LogP contribution in [-0.2, 0) is 4.79 Å². The molecule has 9 nitrogen and oxygen atoms in total. The highest BCUT2D eigenvalue weighted by molar-refractivity contribution is 7.22. The lowest BCUT2D eigenvalue weighted by Gasteiger charge is -2.25. The Bertz CT molecular complexity index is 1530. The van der Waals surface area contributed by atoms with Crippen LogP contribution in [0.4, 0.5) is 5.13 Å². The van der Waals surface area contributed by atoms with Gasteiger partial charge in [0.2, 0.25) is 11.5 Å². The quantitative estimate of drug-likeness (QED) is 0.269. The van der Waals surface area contributed by atoms with Crippen LogP contribution in [0.3, 0.4) is 0 Å². The molecule has 11 heteroatoms. The van der Waals surface area contributed by atoms with Crippen LogP contribution in [-0.4, -0.2) is 49.7 Å². The summed E-state index contributed by atoms with van der Waals surface area (Å²) in [7, 11) is 4.45. The van der Waals surface area contributed by atoms with E-state index in [1.807, 2.05) is 13.0 Å². The first-order valence-corrected chi connectivity index (χ1v) is 13.3. The van der Waals surface area contributed by atoms with Crippen LogP contribution in [0, 0.1) is 0 Å². The van der Waals surface area contributed by atoms with E-state index in [-0.39, 0.29) is 5.57 Å². The number of thiophene rings is 1. The lowest BCUT2D eigenvalue weighted by atomic mass is 9.95. The number of aromatic nitrogens is 1. The number of Topliss-reactive ketones (excluding diaryl/α,β-unsaturated/α-hetero) is 1. The number of amides is 1. The molecule has 196 valence electrons. The summed E-state index contributed by atoms with van der Waals surface area (Å²) in [5.41, 5.74) is 1.08. The number of thiazole rings is 1. The van der Waals surface area contributed by atoms with E-state index < -0.39 is 23.5 Å². The first-order valence-electron chi connectivity index (χ1n) is 11.6. The molecular weight excluding hydrogens is 528 g/mol. The minimum Gasteiger partial charge on any atom is -0.503 e. The van der Waals surface area contributed by atoms with Crippen molar-refractivity contribution in [2.75, 3.05) is 32.8 Å². The Morgan fingerprint density at radius 1 is 1.08 bits per heavy atom. The summed E-state index contributed by atoms with van der Waals surface area (Å²) in [6.45, 7) is 2.41. The number of hydrogen-bond donors (Lipinski definition) is 1. The molecule has 0 saturated heterocycles. The smallest absolute Gasteiger partial charge is 0.296 e. The third-order valence-corrected chi connectivity index (χ3v) is 7.95. The molecule has 2 aromatic carbocycles. The summed E-state index contributed by atoms with van der Waals surface area (Å²) in [6.07, 6.45) is 0. The fraction of sp³-hybridized carbons (Fsp3) is 0.222. The zero-order chi connectivity index (χ0) is 27.0. The SMILES string of the molecule is CCOc1ccc2nc(N3C(=O)C(O)=C(C(=O)c4cccs4)C3c3cc(OC)c(OC)c(OC)c3)sc2c1. The van der Waals surface area contributed by atoms with E-state index in [9.17, 15) is 14.7 Å². The van der Waals surface area contributed by atoms with Gasteiger partial charge in [-0.1, -0.05) is 17.4 Å². The van der Waals surface area contributed by atoms with Gasteiger partial charge in [-0.2, -0.15) is 0 Å². The van der Waals surface area contributed by atoms with E-state index in [1.165, 1.54) is 48.9 Å². The Balaban J connectivity index is 1.71. The fourth-order valence-electron chi connectivity index (χ4n) is 4.40. The van der Waals surface area contributed by atoms with Crippen LogP contribution in [0.2, 0.25) is 0 Å². The van der Waals surface area contributed by atoms with Crippen molar-refractivity contribution in [2.24, 2.45) is 0 Å². The van der Waals surface area contributed by atoms with Gasteiger partial charge in [0.05, 0.1) is 54.6 Å². The van der Waals surface area contributed by atoms with Crippen LogP contribution in [0.1, 0.15) is 28.2 Å². The molecule has 0 saturated carbocycles. The molecule has 1 aliphatic heterocycles. The Hall–Kier alpha value is -4.09. The number of rotatable bonds is 9. The van der Waals surface area contributed by atoms with Gasteiger partial charge in [0.1, 0.15) is 5.75 Å². The van der Waals surface area contributed by atoms with Crippen molar-refractivity contribution in [3.8, 4) is 23.0 Å². The first kappa shape index (κ1) is 25.6. The average Bonchev–Trinajstić information content (AvgIpc) is 3.66. The number of methoxy groups -OCH3 is 3. The summed E-state index contributed by atoms with van der Waals surface area (Å²) in [5.74, 6) is -0.0875. The molecule has 0 spiro atoms. The van der Waals surface area contributed by atoms with E-state index >= 15 is 0 Å². The van der Waals surface area contributed by atoms with E-state index in [0.29, 0.717) is 50.7 Å². The monoisotopic (exact) mass is 552 g/mol. The summed E-state index contributed by atoms with van der Waals surface area (Å²) in [4.78, 5) is 33.6. The number of anilines is 1. The summed E-state index contributed by atoms with van der Waals surface area (Å²) < 4.78 is 22.9. The number of fused-ring (bicyclic) bond motifs is 1. The topological polar surface area (TPSA) is 107 Å². The molecule has 1 atom stereocenters. The summed E-state index contributed by atoms with van der Waals surface area (Å²) in [5, 5.41) is 13.2. The molecule has 2 aromatic heterocycles. The molecule has 1 unspecified atom stereocenters. The maximum atomic E-state index is 13.6. The molecule has 1 amide bonds. The Morgan fingerprint density at radius 2 is 1.82 bits per heavy atom. The molecule has 0 aliphatic carbocycles. The molecule has 38 heavy (non-hydrogen) atoms. The van der Waals surface area contributed by atoms with Gasteiger partial charge in [-0.3, -0.25) is 14.5 Å². The number of aliphatic hydroxyl groups excluding tert-OH is 1. The van der Waals surface area contributed by atoms with E-state index in [4.69, 9.17) is 18.9 Å². The van der Waals surface area contributed by atoms with Gasteiger partial charge in [0, 0.05) is 0 Å². The second-order valence-corrected chi connectivity index (χ2v) is 10.1. The number of nitrogens with zero attached hydrogens (tertiary/aromatic N) is 2. The van der Waals surface area contributed by atoms with Gasteiger partial charge in [-0.15, -0.1) is 11.3 Å². The predicted molar refractivity (Wildman–Crippen MR) is 145 cm³/mol. The van der Waals surface area contributed by atoms with Crippen molar-refractivity contribution in [3.05, 3.63) is 69.6 Å². The Kier molecular flexibility index (Phi) is 6.96. The van der Waals surface area contributed by atoms with Crippen molar-refractivity contribution >= 4 is 49.7 Å². The largest absolute Gasteiger partial charge is 0.503 e. The maximum absolute atomic E-state index is 13.6. The number of carbonyl (C=O) groups is 2. The average molecular weight is 553 g/mol. The van der Waals surface area contributed by atoms with Crippen molar-refractivity contribution in [2.45, 2.75) is 13.0 Å². The molecule has 5 rings (SSSR count). The minimum absolute atomic E-state index is 0.0546. The van der Waals surface area contributed by atoms with Gasteiger partial charge in [-0.25, -0.2) is 4.98 Å². The van der Waals surface area contributed by atoms with E-state index in [2.05, 4.69) is 4.98 Å². The highest BCUT2D eigenvalue weighted by atomic mass is 32.1. The van der Waals surface area contributed by atoms with Gasteiger partial charge < -0.3 is 24.1 Å².